The summed E-state index contributed by atoms with van der Waals surface area (Å²) in [6.07, 6.45) is 4.76. The second-order valence-corrected chi connectivity index (χ2v) is 9.73. The van der Waals surface area contributed by atoms with E-state index >= 15 is 0 Å². The normalized spacial score (nSPS) is 14.8. The van der Waals surface area contributed by atoms with E-state index in [2.05, 4.69) is 42.2 Å². The van der Waals surface area contributed by atoms with E-state index in [-0.39, 0.29) is 5.91 Å². The van der Waals surface area contributed by atoms with Gasteiger partial charge in [0.15, 0.2) is 5.13 Å². The van der Waals surface area contributed by atoms with Crippen molar-refractivity contribution in [2.24, 2.45) is 0 Å². The molecule has 1 N–H and O–H groups in total. The van der Waals surface area contributed by atoms with Gasteiger partial charge < -0.3 is 4.57 Å². The summed E-state index contributed by atoms with van der Waals surface area (Å²) in [7, 11) is 0. The fourth-order valence-electron chi connectivity index (χ4n) is 3.92. The molecule has 0 spiro atoms. The second kappa shape index (κ2) is 7.46. The third-order valence-electron chi connectivity index (χ3n) is 5.25. The number of hydrogen-bond acceptors (Lipinski definition) is 4. The molecular weight excluding hydrogens is 454 g/mol. The molecule has 0 atom stereocenters. The standard InChI is InChI=1S/C21H18BrN3OS2/c22-14-7-5-13(6-8-14)16-12-28-21(23-16)24-20(26)18-11-19-17(9-10-27-19)25(18)15-3-1-2-4-15/h5-12,15H,1-4H2,(H,23,24,26). The molecule has 0 aliphatic heterocycles. The minimum absolute atomic E-state index is 0.0768. The predicted molar refractivity (Wildman–Crippen MR) is 121 cm³/mol. The Morgan fingerprint density at radius 2 is 1.93 bits per heavy atom. The highest BCUT2D eigenvalue weighted by atomic mass is 79.9. The van der Waals surface area contributed by atoms with Crippen LogP contribution in [0.1, 0.15) is 42.2 Å². The van der Waals surface area contributed by atoms with Crippen molar-refractivity contribution in [2.75, 3.05) is 5.32 Å². The van der Waals surface area contributed by atoms with Gasteiger partial charge in [-0.25, -0.2) is 4.98 Å². The van der Waals surface area contributed by atoms with Gasteiger partial charge >= 0.3 is 0 Å². The van der Waals surface area contributed by atoms with E-state index in [4.69, 9.17) is 0 Å². The molecule has 4 aromatic rings. The van der Waals surface area contributed by atoms with Crippen molar-refractivity contribution in [3.05, 3.63) is 57.3 Å². The van der Waals surface area contributed by atoms with E-state index in [1.807, 2.05) is 35.7 Å². The average molecular weight is 472 g/mol. The van der Waals surface area contributed by atoms with Gasteiger partial charge in [-0.05, 0) is 42.5 Å². The molecule has 0 unspecified atom stereocenters. The summed E-state index contributed by atoms with van der Waals surface area (Å²) in [5.41, 5.74) is 3.83. The molecular formula is C21H18BrN3OS2. The number of carbonyl (C=O) groups is 1. The number of carbonyl (C=O) groups excluding carboxylic acids is 1. The second-order valence-electron chi connectivity index (χ2n) is 7.01. The van der Waals surface area contributed by atoms with Gasteiger partial charge in [0.25, 0.3) is 5.91 Å². The van der Waals surface area contributed by atoms with Gasteiger partial charge in [-0.3, -0.25) is 10.1 Å². The number of anilines is 1. The van der Waals surface area contributed by atoms with E-state index in [1.54, 1.807) is 11.3 Å². The number of thiazole rings is 1. The fraction of sp³-hybridized carbons (Fsp3) is 0.238. The van der Waals surface area contributed by atoms with Crippen LogP contribution in [-0.2, 0) is 0 Å². The number of halogens is 1. The zero-order chi connectivity index (χ0) is 19.1. The Hall–Kier alpha value is -1.96. The summed E-state index contributed by atoms with van der Waals surface area (Å²) < 4.78 is 4.46. The van der Waals surface area contributed by atoms with E-state index in [0.717, 1.165) is 34.3 Å². The first kappa shape index (κ1) is 18.1. The van der Waals surface area contributed by atoms with Gasteiger partial charge in [0.05, 0.1) is 15.9 Å². The molecule has 142 valence electrons. The lowest BCUT2D eigenvalue weighted by Crippen LogP contribution is -2.19. The van der Waals surface area contributed by atoms with Crippen molar-refractivity contribution in [1.29, 1.82) is 0 Å². The lowest BCUT2D eigenvalue weighted by molar-refractivity contribution is 0.101. The molecule has 3 heterocycles. The van der Waals surface area contributed by atoms with Gasteiger partial charge in [-0.15, -0.1) is 22.7 Å². The first-order valence-electron chi connectivity index (χ1n) is 9.30. The number of amides is 1. The van der Waals surface area contributed by atoms with Crippen molar-refractivity contribution < 1.29 is 4.79 Å². The first-order chi connectivity index (χ1) is 13.7. The monoisotopic (exact) mass is 471 g/mol. The minimum Gasteiger partial charge on any atom is -0.333 e. The molecule has 0 saturated heterocycles. The molecule has 1 amide bonds. The molecule has 1 aromatic carbocycles. The topological polar surface area (TPSA) is 46.9 Å². The van der Waals surface area contributed by atoms with Crippen LogP contribution in [0, 0.1) is 0 Å². The highest BCUT2D eigenvalue weighted by Crippen LogP contribution is 2.37. The molecule has 7 heteroatoms. The number of hydrogen-bond donors (Lipinski definition) is 1. The van der Waals surface area contributed by atoms with Gasteiger partial charge in [0.1, 0.15) is 5.69 Å². The van der Waals surface area contributed by atoms with E-state index in [9.17, 15) is 4.79 Å². The third kappa shape index (κ3) is 3.32. The number of aromatic nitrogens is 2. The Bertz CT molecular complexity index is 1140. The Kier molecular flexibility index (Phi) is 4.82. The fourth-order valence-corrected chi connectivity index (χ4v) is 5.71. The van der Waals surface area contributed by atoms with Gasteiger partial charge in [-0.1, -0.05) is 40.9 Å². The van der Waals surface area contributed by atoms with Crippen LogP contribution in [0.3, 0.4) is 0 Å². The van der Waals surface area contributed by atoms with Crippen LogP contribution in [0.25, 0.3) is 21.5 Å². The number of rotatable bonds is 4. The van der Waals surface area contributed by atoms with E-state index in [1.165, 1.54) is 34.4 Å². The number of nitrogens with one attached hydrogen (secondary N) is 1. The number of thiophene rings is 1. The van der Waals surface area contributed by atoms with Crippen molar-refractivity contribution >= 4 is 59.9 Å². The third-order valence-corrected chi connectivity index (χ3v) is 7.39. The van der Waals surface area contributed by atoms with Gasteiger partial charge in [0, 0.05) is 21.5 Å². The Labute approximate surface area is 179 Å². The van der Waals surface area contributed by atoms with Crippen molar-refractivity contribution in [1.82, 2.24) is 9.55 Å². The average Bonchev–Trinajstić information content (AvgIpc) is 3.46. The predicted octanol–water partition coefficient (Wildman–Crippen LogP) is 6.96. The lowest BCUT2D eigenvalue weighted by atomic mass is 10.2. The summed E-state index contributed by atoms with van der Waals surface area (Å²) in [6.45, 7) is 0. The molecule has 3 aromatic heterocycles. The Balaban J connectivity index is 1.42. The number of nitrogens with zero attached hydrogens (tertiary/aromatic N) is 2. The number of fused-ring (bicyclic) bond motifs is 1. The molecule has 0 bridgehead atoms. The van der Waals surface area contributed by atoms with Gasteiger partial charge in [0.2, 0.25) is 0 Å². The number of benzene rings is 1. The Morgan fingerprint density at radius 3 is 2.71 bits per heavy atom. The largest absolute Gasteiger partial charge is 0.333 e. The van der Waals surface area contributed by atoms with Crippen LogP contribution >= 0.6 is 38.6 Å². The lowest BCUT2D eigenvalue weighted by Gasteiger charge is -2.16. The van der Waals surface area contributed by atoms with Crippen molar-refractivity contribution in [3.63, 3.8) is 0 Å². The Morgan fingerprint density at radius 1 is 1.14 bits per heavy atom. The highest BCUT2D eigenvalue weighted by Gasteiger charge is 2.25. The van der Waals surface area contributed by atoms with Crippen LogP contribution in [-0.4, -0.2) is 15.5 Å². The highest BCUT2D eigenvalue weighted by molar-refractivity contribution is 9.10. The summed E-state index contributed by atoms with van der Waals surface area (Å²) in [5.74, 6) is -0.0768. The first-order valence-corrected chi connectivity index (χ1v) is 11.9. The molecule has 5 rings (SSSR count). The molecule has 0 radical (unpaired) electrons. The summed E-state index contributed by atoms with van der Waals surface area (Å²) >= 11 is 6.60. The summed E-state index contributed by atoms with van der Waals surface area (Å²) in [4.78, 5) is 17.7. The maximum Gasteiger partial charge on any atom is 0.274 e. The van der Waals surface area contributed by atoms with Crippen molar-refractivity contribution in [3.8, 4) is 11.3 Å². The maximum absolute atomic E-state index is 13.1. The summed E-state index contributed by atoms with van der Waals surface area (Å²) in [5, 5.41) is 7.73. The maximum atomic E-state index is 13.1. The van der Waals surface area contributed by atoms with Gasteiger partial charge in [-0.2, -0.15) is 0 Å². The molecule has 28 heavy (non-hydrogen) atoms. The van der Waals surface area contributed by atoms with Crippen LogP contribution < -0.4 is 5.32 Å². The molecule has 1 aliphatic carbocycles. The van der Waals surface area contributed by atoms with E-state index in [0.29, 0.717) is 11.2 Å². The van der Waals surface area contributed by atoms with Crippen LogP contribution in [0.5, 0.6) is 0 Å². The van der Waals surface area contributed by atoms with Crippen LogP contribution in [0.2, 0.25) is 0 Å². The minimum atomic E-state index is -0.0768. The van der Waals surface area contributed by atoms with E-state index < -0.39 is 0 Å². The summed E-state index contributed by atoms with van der Waals surface area (Å²) in [6, 6.07) is 12.6. The molecule has 1 saturated carbocycles. The quantitative estimate of drug-likeness (QED) is 0.349. The molecule has 4 nitrogen and oxygen atoms in total. The molecule has 1 fully saturated rings. The zero-order valence-corrected chi connectivity index (χ0v) is 18.2. The molecule has 1 aliphatic rings. The smallest absolute Gasteiger partial charge is 0.274 e. The van der Waals surface area contributed by atoms with Crippen LogP contribution in [0.15, 0.2) is 51.6 Å². The SMILES string of the molecule is O=C(Nc1nc(-c2ccc(Br)cc2)cs1)c1cc2sccc2n1C1CCCC1. The zero-order valence-electron chi connectivity index (χ0n) is 15.0. The van der Waals surface area contributed by atoms with Crippen molar-refractivity contribution in [2.45, 2.75) is 31.7 Å². The van der Waals surface area contributed by atoms with Crippen LogP contribution in [0.4, 0.5) is 5.13 Å².